The van der Waals surface area contributed by atoms with Gasteiger partial charge in [-0.1, -0.05) is 0 Å². The molecule has 0 aliphatic carbocycles. The Morgan fingerprint density at radius 2 is 2.00 bits per heavy atom. The summed E-state index contributed by atoms with van der Waals surface area (Å²) in [6.45, 7) is 3.82. The van der Waals surface area contributed by atoms with E-state index in [9.17, 15) is 18.0 Å². The van der Waals surface area contributed by atoms with Crippen LogP contribution in [0.4, 0.5) is 13.2 Å². The zero-order valence-corrected chi connectivity index (χ0v) is 19.5. The Bertz CT molecular complexity index is 1340. The predicted molar refractivity (Wildman–Crippen MR) is 122 cm³/mol. The van der Waals surface area contributed by atoms with E-state index in [0.717, 1.165) is 31.3 Å². The molecule has 1 aromatic heterocycles. The highest BCUT2D eigenvalue weighted by Crippen LogP contribution is 2.33. The number of aromatic nitrogens is 2. The summed E-state index contributed by atoms with van der Waals surface area (Å²) in [6.07, 6.45) is 2.24. The van der Waals surface area contributed by atoms with Crippen LogP contribution in [0.5, 0.6) is 17.4 Å². The van der Waals surface area contributed by atoms with Crippen molar-refractivity contribution < 1.29 is 32.2 Å². The zero-order chi connectivity index (χ0) is 25.3. The lowest BCUT2D eigenvalue weighted by Crippen LogP contribution is -2.28. The van der Waals surface area contributed by atoms with Crippen LogP contribution in [0.25, 0.3) is 5.57 Å². The van der Waals surface area contributed by atoms with Gasteiger partial charge >= 0.3 is 12.1 Å². The van der Waals surface area contributed by atoms with Gasteiger partial charge in [-0.15, -0.1) is 5.10 Å². The van der Waals surface area contributed by atoms with Gasteiger partial charge in [-0.25, -0.2) is 14.5 Å². The monoisotopic (exact) mass is 503 g/mol. The Hall–Kier alpha value is -3.67. The van der Waals surface area contributed by atoms with Crippen LogP contribution in [0.1, 0.15) is 25.4 Å². The molecule has 190 valence electrons. The van der Waals surface area contributed by atoms with E-state index < -0.39 is 24.2 Å². The summed E-state index contributed by atoms with van der Waals surface area (Å²) < 4.78 is 54.8. The fourth-order valence-corrected chi connectivity index (χ4v) is 4.47. The average molecular weight is 503 g/mol. The topological polar surface area (TPSA) is 90.5 Å². The number of carbonyl (C=O) groups is 1. The normalized spacial score (nSPS) is 18.9. The standard InChI is InChI=1S/C24H24F3N5O4/c1-34-18-13-15-17(14-19(18)35-12-4-10-31-8-2-3-9-31)29-16-5-7-28-22(21(15)16)32-11-6-20(30-32)36-23(33)24(25,26)27/h5-7,11,13-14,22H,2-4,8-10,12H2,1H3. The van der Waals surface area contributed by atoms with E-state index in [2.05, 4.69) is 24.7 Å². The molecule has 1 saturated heterocycles. The number of halogens is 3. The predicted octanol–water partition coefficient (Wildman–Crippen LogP) is 2.18. The Morgan fingerprint density at radius 1 is 1.19 bits per heavy atom. The molecule has 0 spiro atoms. The minimum atomic E-state index is -5.12. The Balaban J connectivity index is 1.38. The van der Waals surface area contributed by atoms with Crippen molar-refractivity contribution in [3.05, 3.63) is 46.7 Å². The van der Waals surface area contributed by atoms with Gasteiger partial charge in [-0.3, -0.25) is 4.99 Å². The molecule has 3 aliphatic heterocycles. The summed E-state index contributed by atoms with van der Waals surface area (Å²) >= 11 is 0. The Kier molecular flexibility index (Phi) is 6.52. The maximum Gasteiger partial charge on any atom is 0.491 e. The minimum absolute atomic E-state index is 0.477. The van der Waals surface area contributed by atoms with Crippen LogP contribution in [0.3, 0.4) is 0 Å². The van der Waals surface area contributed by atoms with Crippen LogP contribution in [0, 0.1) is 0 Å². The van der Waals surface area contributed by atoms with Crippen molar-refractivity contribution >= 4 is 17.8 Å². The molecular weight excluding hydrogens is 479 g/mol. The van der Waals surface area contributed by atoms with Crippen LogP contribution in [0.2, 0.25) is 0 Å². The van der Waals surface area contributed by atoms with Crippen LogP contribution in [-0.4, -0.2) is 66.4 Å². The molecule has 12 heteroatoms. The molecule has 36 heavy (non-hydrogen) atoms. The van der Waals surface area contributed by atoms with Crippen molar-refractivity contribution in [2.24, 2.45) is 9.98 Å². The van der Waals surface area contributed by atoms with Gasteiger partial charge in [-0.05, 0) is 44.5 Å². The number of fused-ring (bicyclic) bond motifs is 2. The van der Waals surface area contributed by atoms with Gasteiger partial charge in [0.05, 0.1) is 24.8 Å². The summed E-state index contributed by atoms with van der Waals surface area (Å²) in [6, 6.07) is 4.80. The number of hydrogen-bond acceptors (Lipinski definition) is 8. The molecule has 4 heterocycles. The first-order chi connectivity index (χ1) is 17.3. The SMILES string of the molecule is COc1cc2c(cc1OCCCN1CCCC1)=NC1=CC=NC(n3ccc(OC(=O)C(F)(F)F)n3)C=21. The number of ether oxygens (including phenoxy) is 3. The maximum absolute atomic E-state index is 12.5. The molecule has 1 atom stereocenters. The van der Waals surface area contributed by atoms with Crippen molar-refractivity contribution in [2.75, 3.05) is 33.4 Å². The molecule has 1 unspecified atom stereocenters. The van der Waals surface area contributed by atoms with Gasteiger partial charge < -0.3 is 19.1 Å². The van der Waals surface area contributed by atoms with E-state index in [1.54, 1.807) is 19.4 Å². The highest BCUT2D eigenvalue weighted by Gasteiger charge is 2.42. The van der Waals surface area contributed by atoms with Gasteiger partial charge in [0.2, 0.25) is 5.88 Å². The van der Waals surface area contributed by atoms with Crippen LogP contribution in [-0.2, 0) is 4.79 Å². The molecule has 2 aromatic rings. The van der Waals surface area contributed by atoms with Gasteiger partial charge in [-0.2, -0.15) is 13.2 Å². The maximum atomic E-state index is 12.5. The van der Waals surface area contributed by atoms with E-state index in [4.69, 9.17) is 9.47 Å². The second kappa shape index (κ2) is 9.76. The summed E-state index contributed by atoms with van der Waals surface area (Å²) in [5.41, 5.74) is 1.34. The molecule has 0 N–H and O–H groups in total. The van der Waals surface area contributed by atoms with E-state index in [-0.39, 0.29) is 0 Å². The molecule has 1 fully saturated rings. The van der Waals surface area contributed by atoms with E-state index in [1.807, 2.05) is 12.1 Å². The van der Waals surface area contributed by atoms with Crippen molar-refractivity contribution in [3.8, 4) is 17.4 Å². The average Bonchev–Trinajstić information content (AvgIpc) is 3.60. The number of methoxy groups -OCH3 is 1. The lowest BCUT2D eigenvalue weighted by molar-refractivity contribution is -0.190. The minimum Gasteiger partial charge on any atom is -0.493 e. The van der Waals surface area contributed by atoms with Crippen molar-refractivity contribution in [1.29, 1.82) is 0 Å². The number of esters is 1. The second-order valence-corrected chi connectivity index (χ2v) is 8.54. The number of alkyl halides is 3. The van der Waals surface area contributed by atoms with E-state index in [0.29, 0.717) is 34.7 Å². The molecule has 0 saturated carbocycles. The smallest absolute Gasteiger partial charge is 0.491 e. The third-order valence-corrected chi connectivity index (χ3v) is 6.14. The summed E-state index contributed by atoms with van der Waals surface area (Å²) in [5, 5.41) is 5.38. The third-order valence-electron chi connectivity index (χ3n) is 6.14. The highest BCUT2D eigenvalue weighted by atomic mass is 19.4. The number of nitrogens with zero attached hydrogens (tertiary/aromatic N) is 5. The molecule has 1 aromatic carbocycles. The Labute approximate surface area is 204 Å². The molecule has 5 rings (SSSR count). The van der Waals surface area contributed by atoms with Gasteiger partial charge in [0.25, 0.3) is 0 Å². The molecular formula is C24H24F3N5O4. The number of dihydropyridines is 1. The van der Waals surface area contributed by atoms with Gasteiger partial charge in [0.1, 0.15) is 0 Å². The molecule has 0 amide bonds. The number of rotatable bonds is 8. The number of hydrogen-bond donors (Lipinski definition) is 0. The summed E-state index contributed by atoms with van der Waals surface area (Å²) in [5.74, 6) is -1.70. The quantitative estimate of drug-likeness (QED) is 0.405. The fourth-order valence-electron chi connectivity index (χ4n) is 4.47. The van der Waals surface area contributed by atoms with Crippen LogP contribution < -0.4 is 24.8 Å². The third kappa shape index (κ3) is 4.85. The van der Waals surface area contributed by atoms with Crippen molar-refractivity contribution in [3.63, 3.8) is 0 Å². The van der Waals surface area contributed by atoms with Crippen molar-refractivity contribution in [1.82, 2.24) is 14.7 Å². The van der Waals surface area contributed by atoms with Crippen molar-refractivity contribution in [2.45, 2.75) is 31.6 Å². The lowest BCUT2D eigenvalue weighted by atomic mass is 10.1. The molecule has 0 bridgehead atoms. The summed E-state index contributed by atoms with van der Waals surface area (Å²) in [4.78, 5) is 22.7. The fraction of sp³-hybridized carbons (Fsp3) is 0.417. The number of aliphatic imine (C=N–C) groups is 1. The van der Waals surface area contributed by atoms with E-state index >= 15 is 0 Å². The second-order valence-electron chi connectivity index (χ2n) is 8.54. The zero-order valence-electron chi connectivity index (χ0n) is 19.5. The first-order valence-corrected chi connectivity index (χ1v) is 11.6. The highest BCUT2D eigenvalue weighted by molar-refractivity contribution is 5.85. The van der Waals surface area contributed by atoms with Crippen LogP contribution >= 0.6 is 0 Å². The molecule has 9 nitrogen and oxygen atoms in total. The molecule has 0 radical (unpaired) electrons. The summed E-state index contributed by atoms with van der Waals surface area (Å²) in [7, 11) is 1.55. The number of allylic oxidation sites excluding steroid dienone is 1. The Morgan fingerprint density at radius 3 is 2.75 bits per heavy atom. The molecule has 3 aliphatic rings. The first-order valence-electron chi connectivity index (χ1n) is 11.6. The van der Waals surface area contributed by atoms with Gasteiger partial charge in [0, 0.05) is 41.9 Å². The number of carbonyl (C=O) groups excluding carboxylic acids is 1. The van der Waals surface area contributed by atoms with E-state index in [1.165, 1.54) is 29.8 Å². The largest absolute Gasteiger partial charge is 0.493 e. The first kappa shape index (κ1) is 24.0. The van der Waals surface area contributed by atoms with Crippen LogP contribution in [0.15, 0.2) is 46.2 Å². The number of benzene rings is 1. The lowest BCUT2D eigenvalue weighted by Gasteiger charge is -2.18. The van der Waals surface area contributed by atoms with Gasteiger partial charge in [0.15, 0.2) is 17.7 Å². The number of likely N-dealkylation sites (tertiary alicyclic amines) is 1.